The molecule has 1 atom stereocenters. The highest BCUT2D eigenvalue weighted by Crippen LogP contribution is 2.14. The minimum Gasteiger partial charge on any atom is -0.330 e. The summed E-state index contributed by atoms with van der Waals surface area (Å²) in [6.45, 7) is 0.742. The Balaban J connectivity index is 2.03. The molecule has 0 saturated heterocycles. The van der Waals surface area contributed by atoms with Crippen LogP contribution in [0.4, 0.5) is 10.5 Å². The predicted molar refractivity (Wildman–Crippen MR) is 86.3 cm³/mol. The van der Waals surface area contributed by atoms with Gasteiger partial charge in [0, 0.05) is 12.2 Å². The smallest absolute Gasteiger partial charge is 0.319 e. The Kier molecular flexibility index (Phi) is 5.35. The van der Waals surface area contributed by atoms with Crippen molar-refractivity contribution in [2.75, 3.05) is 26.0 Å². The van der Waals surface area contributed by atoms with Gasteiger partial charge in [0.1, 0.15) is 0 Å². The summed E-state index contributed by atoms with van der Waals surface area (Å²) in [6.07, 6.45) is 0. The average molecular weight is 283 g/mol. The molecule has 0 spiro atoms. The van der Waals surface area contributed by atoms with Crippen molar-refractivity contribution in [2.24, 2.45) is 0 Å². The second-order valence-electron chi connectivity index (χ2n) is 5.19. The summed E-state index contributed by atoms with van der Waals surface area (Å²) in [7, 11) is 3.99. The average Bonchev–Trinajstić information content (AvgIpc) is 2.48. The van der Waals surface area contributed by atoms with Gasteiger partial charge in [-0.05, 0) is 31.8 Å². The molecule has 0 saturated carbocycles. The van der Waals surface area contributed by atoms with Gasteiger partial charge in [0.15, 0.2) is 0 Å². The number of benzene rings is 2. The van der Waals surface area contributed by atoms with Crippen molar-refractivity contribution in [3.63, 3.8) is 0 Å². The molecule has 110 valence electrons. The standard InChI is InChI=1S/C17H21N3O/c1-20(2)13-16(14-9-5-3-6-10-14)19-17(21)18-15-11-7-4-8-12-15/h3-12,16H,13H2,1-2H3,(H2,18,19,21). The Hall–Kier alpha value is -2.33. The Morgan fingerprint density at radius 1 is 1.00 bits per heavy atom. The third-order valence-electron chi connectivity index (χ3n) is 3.09. The molecular weight excluding hydrogens is 262 g/mol. The molecule has 0 aliphatic carbocycles. The highest BCUT2D eigenvalue weighted by molar-refractivity contribution is 5.89. The van der Waals surface area contributed by atoms with Crippen molar-refractivity contribution in [2.45, 2.75) is 6.04 Å². The molecule has 0 aliphatic heterocycles. The number of carbonyl (C=O) groups is 1. The van der Waals surface area contributed by atoms with Crippen LogP contribution in [0.25, 0.3) is 0 Å². The van der Waals surface area contributed by atoms with Crippen LogP contribution in [0.5, 0.6) is 0 Å². The molecule has 1 unspecified atom stereocenters. The topological polar surface area (TPSA) is 44.4 Å². The van der Waals surface area contributed by atoms with Crippen molar-refractivity contribution in [3.05, 3.63) is 66.2 Å². The van der Waals surface area contributed by atoms with Crippen LogP contribution in [0.3, 0.4) is 0 Å². The van der Waals surface area contributed by atoms with E-state index in [0.717, 1.165) is 17.8 Å². The zero-order valence-electron chi connectivity index (χ0n) is 12.4. The molecule has 2 aromatic rings. The lowest BCUT2D eigenvalue weighted by Gasteiger charge is -2.23. The molecule has 0 aliphatic rings. The van der Waals surface area contributed by atoms with E-state index in [0.29, 0.717) is 0 Å². The second-order valence-corrected chi connectivity index (χ2v) is 5.19. The summed E-state index contributed by atoms with van der Waals surface area (Å²) >= 11 is 0. The molecule has 0 fully saturated rings. The SMILES string of the molecule is CN(C)CC(NC(=O)Nc1ccccc1)c1ccccc1. The molecule has 0 bridgehead atoms. The fraction of sp³-hybridized carbons (Fsp3) is 0.235. The van der Waals surface area contributed by atoms with Crippen molar-refractivity contribution in [1.29, 1.82) is 0 Å². The third kappa shape index (κ3) is 4.93. The van der Waals surface area contributed by atoms with E-state index < -0.39 is 0 Å². The molecule has 2 rings (SSSR count). The highest BCUT2D eigenvalue weighted by atomic mass is 16.2. The molecule has 0 aromatic heterocycles. The maximum Gasteiger partial charge on any atom is 0.319 e. The lowest BCUT2D eigenvalue weighted by atomic mass is 10.1. The quantitative estimate of drug-likeness (QED) is 0.885. The molecule has 2 amide bonds. The van der Waals surface area contributed by atoms with E-state index >= 15 is 0 Å². The minimum atomic E-state index is -0.197. The zero-order valence-corrected chi connectivity index (χ0v) is 12.4. The van der Waals surface area contributed by atoms with Crippen molar-refractivity contribution < 1.29 is 4.79 Å². The Morgan fingerprint density at radius 3 is 2.14 bits per heavy atom. The maximum absolute atomic E-state index is 12.1. The molecule has 0 radical (unpaired) electrons. The maximum atomic E-state index is 12.1. The number of hydrogen-bond acceptors (Lipinski definition) is 2. The van der Waals surface area contributed by atoms with Gasteiger partial charge < -0.3 is 15.5 Å². The highest BCUT2D eigenvalue weighted by Gasteiger charge is 2.15. The first-order valence-corrected chi connectivity index (χ1v) is 6.97. The Bertz CT molecular complexity index is 555. The number of carbonyl (C=O) groups excluding carboxylic acids is 1. The summed E-state index contributed by atoms with van der Waals surface area (Å²) in [5, 5.41) is 5.87. The Morgan fingerprint density at radius 2 is 1.57 bits per heavy atom. The zero-order chi connectivity index (χ0) is 15.1. The number of rotatable bonds is 5. The first-order valence-electron chi connectivity index (χ1n) is 6.97. The van der Waals surface area contributed by atoms with Crippen molar-refractivity contribution >= 4 is 11.7 Å². The summed E-state index contributed by atoms with van der Waals surface area (Å²) in [6, 6.07) is 19.2. The number of hydrogen-bond donors (Lipinski definition) is 2. The largest absolute Gasteiger partial charge is 0.330 e. The first-order chi connectivity index (χ1) is 10.1. The lowest BCUT2D eigenvalue weighted by molar-refractivity contribution is 0.244. The number of para-hydroxylation sites is 1. The molecule has 2 N–H and O–H groups in total. The monoisotopic (exact) mass is 283 g/mol. The molecule has 21 heavy (non-hydrogen) atoms. The minimum absolute atomic E-state index is 0.0510. The summed E-state index contributed by atoms with van der Waals surface area (Å²) in [5.41, 5.74) is 1.88. The normalized spacial score (nSPS) is 12.0. The second kappa shape index (κ2) is 7.45. The van der Waals surface area contributed by atoms with Gasteiger partial charge in [0.25, 0.3) is 0 Å². The van der Waals surface area contributed by atoms with Gasteiger partial charge in [0.2, 0.25) is 0 Å². The first kappa shape index (κ1) is 15.1. The number of nitrogens with one attached hydrogen (secondary N) is 2. The summed E-state index contributed by atoms with van der Waals surface area (Å²) in [4.78, 5) is 14.2. The van der Waals surface area contributed by atoms with Crippen molar-refractivity contribution in [3.8, 4) is 0 Å². The van der Waals surface area contributed by atoms with Crippen LogP contribution < -0.4 is 10.6 Å². The van der Waals surface area contributed by atoms with Crippen molar-refractivity contribution in [1.82, 2.24) is 10.2 Å². The van der Waals surface area contributed by atoms with Crippen LogP contribution in [0, 0.1) is 0 Å². The number of amides is 2. The van der Waals surface area contributed by atoms with Gasteiger partial charge in [-0.3, -0.25) is 0 Å². The molecule has 2 aromatic carbocycles. The van der Waals surface area contributed by atoms with E-state index in [1.54, 1.807) is 0 Å². The van der Waals surface area contributed by atoms with Gasteiger partial charge in [-0.25, -0.2) is 4.79 Å². The van der Waals surface area contributed by atoms with E-state index in [4.69, 9.17) is 0 Å². The number of anilines is 1. The summed E-state index contributed by atoms with van der Waals surface area (Å²) < 4.78 is 0. The molecule has 4 nitrogen and oxygen atoms in total. The van der Waals surface area contributed by atoms with E-state index in [-0.39, 0.29) is 12.1 Å². The lowest BCUT2D eigenvalue weighted by Crippen LogP contribution is -2.37. The number of nitrogens with zero attached hydrogens (tertiary/aromatic N) is 1. The molecule has 0 heterocycles. The van der Waals surface area contributed by atoms with E-state index in [1.807, 2.05) is 74.8 Å². The van der Waals surface area contributed by atoms with Crippen LogP contribution in [-0.2, 0) is 0 Å². The van der Waals surface area contributed by atoms with Crippen LogP contribution in [0.15, 0.2) is 60.7 Å². The van der Waals surface area contributed by atoms with Gasteiger partial charge in [0.05, 0.1) is 6.04 Å². The predicted octanol–water partition coefficient (Wildman–Crippen LogP) is 3.11. The van der Waals surface area contributed by atoms with Gasteiger partial charge in [-0.1, -0.05) is 48.5 Å². The Labute approximate surface area is 125 Å². The van der Waals surface area contributed by atoms with Crippen LogP contribution >= 0.6 is 0 Å². The molecular formula is C17H21N3O. The van der Waals surface area contributed by atoms with E-state index in [1.165, 1.54) is 0 Å². The fourth-order valence-electron chi connectivity index (χ4n) is 2.13. The van der Waals surface area contributed by atoms with Crippen LogP contribution in [0.1, 0.15) is 11.6 Å². The number of likely N-dealkylation sites (N-methyl/N-ethyl adjacent to an activating group) is 1. The third-order valence-corrected chi connectivity index (χ3v) is 3.09. The van der Waals surface area contributed by atoms with E-state index in [9.17, 15) is 4.79 Å². The van der Waals surface area contributed by atoms with E-state index in [2.05, 4.69) is 15.5 Å². The van der Waals surface area contributed by atoms with Gasteiger partial charge in [-0.2, -0.15) is 0 Å². The summed E-state index contributed by atoms with van der Waals surface area (Å²) in [5.74, 6) is 0. The molecule has 4 heteroatoms. The number of urea groups is 1. The van der Waals surface area contributed by atoms with Crippen LogP contribution in [-0.4, -0.2) is 31.6 Å². The van der Waals surface area contributed by atoms with Crippen LogP contribution in [0.2, 0.25) is 0 Å². The van der Waals surface area contributed by atoms with Gasteiger partial charge >= 0.3 is 6.03 Å². The fourth-order valence-corrected chi connectivity index (χ4v) is 2.13. The van der Waals surface area contributed by atoms with Gasteiger partial charge in [-0.15, -0.1) is 0 Å².